The highest BCUT2D eigenvalue weighted by Crippen LogP contribution is 2.33. The second kappa shape index (κ2) is 7.58. The SMILES string of the molecule is O=C(c1ccc(-c2cccs2)cc1)N1CCC(c2cccs2)S(=O)(=O)CC1. The largest absolute Gasteiger partial charge is 0.338 e. The maximum absolute atomic E-state index is 12.9. The van der Waals surface area contributed by atoms with Gasteiger partial charge >= 0.3 is 0 Å². The minimum absolute atomic E-state index is 0.00852. The van der Waals surface area contributed by atoms with Crippen LogP contribution in [0.3, 0.4) is 0 Å². The van der Waals surface area contributed by atoms with Crippen LogP contribution in [0.2, 0.25) is 0 Å². The normalized spacial score (nSPS) is 19.6. The standard InChI is InChI=1S/C20H19NO3S3/c22-20(16-7-5-15(6-8-16)17-3-1-12-25-17)21-10-9-19(18-4-2-13-26-18)27(23,24)14-11-21/h1-8,12-13,19H,9-11,14H2. The Balaban J connectivity index is 1.51. The van der Waals surface area contributed by atoms with Gasteiger partial charge in [-0.1, -0.05) is 24.3 Å². The van der Waals surface area contributed by atoms with Crippen LogP contribution >= 0.6 is 22.7 Å². The Kier molecular flexibility index (Phi) is 5.16. The number of amides is 1. The third-order valence-corrected chi connectivity index (χ3v) is 8.99. The van der Waals surface area contributed by atoms with Gasteiger partial charge in [-0.15, -0.1) is 22.7 Å². The molecule has 1 aromatic carbocycles. The number of carbonyl (C=O) groups excluding carboxylic acids is 1. The van der Waals surface area contributed by atoms with Gasteiger partial charge in [0, 0.05) is 28.4 Å². The van der Waals surface area contributed by atoms with E-state index in [0.717, 1.165) is 15.3 Å². The summed E-state index contributed by atoms with van der Waals surface area (Å²) >= 11 is 3.12. The molecular formula is C20H19NO3S3. The van der Waals surface area contributed by atoms with E-state index >= 15 is 0 Å². The Morgan fingerprint density at radius 1 is 0.963 bits per heavy atom. The lowest BCUT2D eigenvalue weighted by molar-refractivity contribution is 0.0766. The Hall–Kier alpha value is -1.96. The second-order valence-electron chi connectivity index (χ2n) is 6.51. The molecule has 1 unspecified atom stereocenters. The first-order valence-corrected chi connectivity index (χ1v) is 12.2. The molecule has 0 spiro atoms. The van der Waals surface area contributed by atoms with Gasteiger partial charge in [-0.05, 0) is 47.0 Å². The molecule has 3 aromatic rings. The summed E-state index contributed by atoms with van der Waals surface area (Å²) in [4.78, 5) is 16.6. The van der Waals surface area contributed by atoms with Gasteiger partial charge in [0.25, 0.3) is 5.91 Å². The lowest BCUT2D eigenvalue weighted by Crippen LogP contribution is -2.33. The molecule has 1 saturated heterocycles. The van der Waals surface area contributed by atoms with Crippen molar-refractivity contribution in [3.05, 3.63) is 69.7 Å². The smallest absolute Gasteiger partial charge is 0.253 e. The van der Waals surface area contributed by atoms with Gasteiger partial charge in [0.15, 0.2) is 9.84 Å². The topological polar surface area (TPSA) is 54.5 Å². The van der Waals surface area contributed by atoms with Crippen molar-refractivity contribution < 1.29 is 13.2 Å². The molecule has 0 N–H and O–H groups in total. The van der Waals surface area contributed by atoms with Crippen molar-refractivity contribution in [3.8, 4) is 10.4 Å². The van der Waals surface area contributed by atoms with Gasteiger partial charge in [-0.2, -0.15) is 0 Å². The van der Waals surface area contributed by atoms with E-state index in [4.69, 9.17) is 0 Å². The van der Waals surface area contributed by atoms with E-state index in [0.29, 0.717) is 18.5 Å². The number of benzene rings is 1. The van der Waals surface area contributed by atoms with Crippen LogP contribution in [-0.4, -0.2) is 38.1 Å². The third-order valence-electron chi connectivity index (χ3n) is 4.83. The lowest BCUT2D eigenvalue weighted by atomic mass is 10.1. The first-order chi connectivity index (χ1) is 13.0. The third kappa shape index (κ3) is 3.85. The molecule has 1 fully saturated rings. The van der Waals surface area contributed by atoms with Crippen LogP contribution in [0.4, 0.5) is 0 Å². The summed E-state index contributed by atoms with van der Waals surface area (Å²) in [5, 5.41) is 3.42. The van der Waals surface area contributed by atoms with Crippen LogP contribution in [0.1, 0.15) is 26.9 Å². The summed E-state index contributed by atoms with van der Waals surface area (Å²) in [7, 11) is -3.25. The van der Waals surface area contributed by atoms with E-state index in [9.17, 15) is 13.2 Å². The van der Waals surface area contributed by atoms with Gasteiger partial charge in [0.2, 0.25) is 0 Å². The molecule has 1 amide bonds. The van der Waals surface area contributed by atoms with Crippen LogP contribution < -0.4 is 0 Å². The molecule has 2 aromatic heterocycles. The van der Waals surface area contributed by atoms with E-state index in [1.807, 2.05) is 59.3 Å². The van der Waals surface area contributed by atoms with Gasteiger partial charge in [0.05, 0.1) is 11.0 Å². The van der Waals surface area contributed by atoms with Crippen LogP contribution in [0.25, 0.3) is 10.4 Å². The Morgan fingerprint density at radius 2 is 1.70 bits per heavy atom. The van der Waals surface area contributed by atoms with Crippen molar-refractivity contribution in [1.82, 2.24) is 4.90 Å². The number of sulfone groups is 1. The molecule has 3 heterocycles. The predicted molar refractivity (Wildman–Crippen MR) is 111 cm³/mol. The van der Waals surface area contributed by atoms with Crippen LogP contribution in [0.15, 0.2) is 59.3 Å². The van der Waals surface area contributed by atoms with Crippen LogP contribution in [0, 0.1) is 0 Å². The van der Waals surface area contributed by atoms with E-state index < -0.39 is 15.1 Å². The van der Waals surface area contributed by atoms with Gasteiger partial charge < -0.3 is 4.90 Å². The minimum atomic E-state index is -3.25. The maximum Gasteiger partial charge on any atom is 0.253 e. The number of hydrogen-bond acceptors (Lipinski definition) is 5. The summed E-state index contributed by atoms with van der Waals surface area (Å²) in [6, 6.07) is 15.3. The molecule has 0 bridgehead atoms. The molecule has 7 heteroatoms. The summed E-state index contributed by atoms with van der Waals surface area (Å²) in [6.07, 6.45) is 0.446. The monoisotopic (exact) mass is 417 g/mol. The number of hydrogen-bond donors (Lipinski definition) is 0. The molecular weight excluding hydrogens is 398 g/mol. The van der Waals surface area contributed by atoms with E-state index in [1.165, 1.54) is 11.3 Å². The zero-order valence-electron chi connectivity index (χ0n) is 14.6. The Labute approximate surface area is 167 Å². The predicted octanol–water partition coefficient (Wildman–Crippen LogP) is 4.48. The fraction of sp³-hybridized carbons (Fsp3) is 0.250. The number of rotatable bonds is 3. The number of thiophene rings is 2. The van der Waals surface area contributed by atoms with Crippen molar-refractivity contribution in [2.75, 3.05) is 18.8 Å². The van der Waals surface area contributed by atoms with Gasteiger partial charge in [-0.25, -0.2) is 8.42 Å². The number of nitrogens with zero attached hydrogens (tertiary/aromatic N) is 1. The molecule has 0 saturated carbocycles. The van der Waals surface area contributed by atoms with E-state index in [2.05, 4.69) is 0 Å². The highest BCUT2D eigenvalue weighted by Gasteiger charge is 2.33. The van der Waals surface area contributed by atoms with Gasteiger partial charge in [0.1, 0.15) is 0 Å². The average Bonchev–Trinajstić information content (AvgIpc) is 3.36. The van der Waals surface area contributed by atoms with Crippen molar-refractivity contribution in [1.29, 1.82) is 0 Å². The molecule has 4 nitrogen and oxygen atoms in total. The maximum atomic E-state index is 12.9. The fourth-order valence-corrected chi connectivity index (χ4v) is 7.08. The molecule has 4 rings (SSSR count). The van der Waals surface area contributed by atoms with Crippen molar-refractivity contribution in [2.24, 2.45) is 0 Å². The minimum Gasteiger partial charge on any atom is -0.338 e. The molecule has 0 radical (unpaired) electrons. The zero-order chi connectivity index (χ0) is 18.9. The summed E-state index contributed by atoms with van der Waals surface area (Å²) < 4.78 is 25.3. The van der Waals surface area contributed by atoms with Crippen LogP contribution in [0.5, 0.6) is 0 Å². The van der Waals surface area contributed by atoms with E-state index in [1.54, 1.807) is 16.2 Å². The lowest BCUT2D eigenvalue weighted by Gasteiger charge is -2.20. The fourth-order valence-electron chi connectivity index (χ4n) is 3.34. The van der Waals surface area contributed by atoms with Crippen molar-refractivity contribution in [2.45, 2.75) is 11.7 Å². The Morgan fingerprint density at radius 3 is 2.37 bits per heavy atom. The molecule has 27 heavy (non-hydrogen) atoms. The first kappa shape index (κ1) is 18.4. The highest BCUT2D eigenvalue weighted by molar-refractivity contribution is 7.91. The van der Waals surface area contributed by atoms with Crippen molar-refractivity contribution >= 4 is 38.4 Å². The Bertz CT molecular complexity index is 1010. The zero-order valence-corrected chi connectivity index (χ0v) is 17.0. The summed E-state index contributed by atoms with van der Waals surface area (Å²) in [5.41, 5.74) is 1.68. The summed E-state index contributed by atoms with van der Waals surface area (Å²) in [5.74, 6) is -0.0936. The average molecular weight is 418 g/mol. The van der Waals surface area contributed by atoms with Crippen LogP contribution in [-0.2, 0) is 9.84 Å². The summed E-state index contributed by atoms with van der Waals surface area (Å²) in [6.45, 7) is 0.697. The molecule has 1 aliphatic rings. The van der Waals surface area contributed by atoms with Crippen molar-refractivity contribution in [3.63, 3.8) is 0 Å². The molecule has 1 aliphatic heterocycles. The molecule has 0 aliphatic carbocycles. The highest BCUT2D eigenvalue weighted by atomic mass is 32.2. The first-order valence-electron chi connectivity index (χ1n) is 8.73. The number of carbonyl (C=O) groups is 1. The van der Waals surface area contributed by atoms with E-state index in [-0.39, 0.29) is 18.2 Å². The quantitative estimate of drug-likeness (QED) is 0.631. The molecule has 140 valence electrons. The van der Waals surface area contributed by atoms with Gasteiger partial charge in [-0.3, -0.25) is 4.79 Å². The molecule has 1 atom stereocenters. The second-order valence-corrected chi connectivity index (χ2v) is 10.7.